The van der Waals surface area contributed by atoms with Gasteiger partial charge in [0, 0.05) is 145 Å². The highest BCUT2D eigenvalue weighted by molar-refractivity contribution is 6.32. The third-order valence-electron chi connectivity index (χ3n) is 22.7. The molecule has 9 aromatic rings. The molecule has 0 saturated carbocycles. The number of likely N-dealkylation sites (tertiary alicyclic amines) is 1. The molecule has 0 aliphatic carbocycles. The molecule has 6 aromatic carbocycles. The monoisotopic (exact) mass is 1630 g/mol. The van der Waals surface area contributed by atoms with Crippen molar-refractivity contribution in [2.45, 2.75) is 95.2 Å². The van der Waals surface area contributed by atoms with E-state index < -0.39 is 0 Å². The molecule has 115 heavy (non-hydrogen) atoms. The highest BCUT2D eigenvalue weighted by Crippen LogP contribution is 2.44. The first-order chi connectivity index (χ1) is 56.3. The van der Waals surface area contributed by atoms with Crippen molar-refractivity contribution in [1.82, 2.24) is 49.3 Å². The molecular weight excluding hydrogens is 1520 g/mol. The van der Waals surface area contributed by atoms with Gasteiger partial charge in [0.25, 0.3) is 0 Å². The lowest BCUT2D eigenvalue weighted by Crippen LogP contribution is -2.44. The number of H-pyrrole nitrogens is 3. The number of unbranched alkanes of at least 4 members (excludes halogenated alkanes) is 3. The number of nitrogens with zero attached hydrogens (tertiary/aromatic N) is 7. The summed E-state index contributed by atoms with van der Waals surface area (Å²) in [5, 5.41) is 5.41. The second-order valence-corrected chi connectivity index (χ2v) is 31.7. The number of hydrogen-bond donors (Lipinski definition) is 3. The molecule has 0 radical (unpaired) electrons. The van der Waals surface area contributed by atoms with Crippen LogP contribution in [0, 0.1) is 0 Å². The van der Waals surface area contributed by atoms with E-state index in [-0.39, 0.29) is 56.2 Å². The summed E-state index contributed by atoms with van der Waals surface area (Å²) in [6.45, 7) is 19.7. The number of benzene rings is 6. The van der Waals surface area contributed by atoms with Gasteiger partial charge in [-0.2, -0.15) is 0 Å². The highest BCUT2D eigenvalue weighted by Gasteiger charge is 2.39. The summed E-state index contributed by atoms with van der Waals surface area (Å²) in [6.07, 6.45) is 11.6. The van der Waals surface area contributed by atoms with E-state index in [9.17, 15) is 14.4 Å². The van der Waals surface area contributed by atoms with Gasteiger partial charge in [-0.05, 0) is 235 Å². The molecule has 6 aliphatic heterocycles. The minimum absolute atomic E-state index is 0.214. The Morgan fingerprint density at radius 2 is 0.696 bits per heavy atom. The molecular formula is C89H113Cl3N10O13. The van der Waals surface area contributed by atoms with Crippen molar-refractivity contribution in [2.75, 3.05) is 193 Å². The molecule has 9 heterocycles. The molecule has 3 fully saturated rings. The lowest BCUT2D eigenvalue weighted by molar-refractivity contribution is 0.0368. The zero-order valence-electron chi connectivity index (χ0n) is 67.1. The van der Waals surface area contributed by atoms with Gasteiger partial charge in [0.15, 0.2) is 0 Å². The van der Waals surface area contributed by atoms with Crippen LogP contribution in [0.15, 0.2) is 127 Å². The average Bonchev–Trinajstić information content (AvgIpc) is 1.64. The van der Waals surface area contributed by atoms with Crippen molar-refractivity contribution >= 4 is 85.8 Å². The molecule has 0 spiro atoms. The number of nitrogens with one attached hydrogen (secondary N) is 3. The first kappa shape index (κ1) is 84.6. The number of piperidine rings is 1. The second-order valence-electron chi connectivity index (χ2n) is 30.4. The lowest BCUT2D eigenvalue weighted by atomic mass is 9.92. The molecule has 3 unspecified atom stereocenters. The maximum atomic E-state index is 13.1. The summed E-state index contributed by atoms with van der Waals surface area (Å²) in [6, 6.07) is 41.0. The predicted octanol–water partition coefficient (Wildman–Crippen LogP) is 16.2. The van der Waals surface area contributed by atoms with E-state index in [0.29, 0.717) is 74.3 Å². The first-order valence-electron chi connectivity index (χ1n) is 41.1. The quantitative estimate of drug-likeness (QED) is 0.0282. The fraction of sp³-hybridized carbons (Fsp3) is 0.494. The Hall–Kier alpha value is -8.30. The maximum Gasteiger partial charge on any atom is 0.410 e. The molecule has 618 valence electrons. The van der Waals surface area contributed by atoms with Crippen LogP contribution in [0.25, 0.3) is 32.7 Å². The third kappa shape index (κ3) is 22.5. The summed E-state index contributed by atoms with van der Waals surface area (Å²) < 4.78 is 55.3. The number of aromatic nitrogens is 3. The number of rotatable bonds is 30. The number of amides is 3. The summed E-state index contributed by atoms with van der Waals surface area (Å²) in [5.41, 5.74) is 12.6. The molecule has 23 nitrogen and oxygen atoms in total. The van der Waals surface area contributed by atoms with E-state index >= 15 is 0 Å². The van der Waals surface area contributed by atoms with Crippen molar-refractivity contribution in [3.05, 3.63) is 193 Å². The predicted molar refractivity (Wildman–Crippen MR) is 451 cm³/mol. The van der Waals surface area contributed by atoms with Gasteiger partial charge >= 0.3 is 18.3 Å². The summed E-state index contributed by atoms with van der Waals surface area (Å²) in [7, 11) is 6.97. The average molecular weight is 1640 g/mol. The van der Waals surface area contributed by atoms with Gasteiger partial charge in [-0.3, -0.25) is 19.6 Å². The van der Waals surface area contributed by atoms with Crippen molar-refractivity contribution in [2.24, 2.45) is 0 Å². The molecule has 3 saturated heterocycles. The Kier molecular flexibility index (Phi) is 31.4. The number of halogens is 3. The third-order valence-corrected chi connectivity index (χ3v) is 23.4. The molecule has 3 atom stereocenters. The van der Waals surface area contributed by atoms with E-state index in [1.807, 2.05) is 115 Å². The topological polar surface area (TPSA) is 214 Å². The van der Waals surface area contributed by atoms with E-state index in [1.54, 1.807) is 36.0 Å². The standard InChI is InChI=1S/C30H39ClN4O4.C30H38ClN3O4.C29H36ClN3O5/c1-33-14-16-34(17-15-33)12-3-4-18-38-24-8-5-22(6-9-24)29-28-25(26-21-23(31)7-10-27(26)32-28)11-13-35(29)30(36)39-20-19-37-2;1-36-19-20-38-30(35)34-17-13-25-26-21-23(31)9-12-27(26)32-28(25)29(34)22-7-10-24(11-8-22)37-18-6-5-16-33-14-3-2-4-15-33;1-35-18-19-38-29(34)33-12-10-24-25-20-22(30)6-9-26(25)31-27(24)28(33)21-4-7-23(8-5-21)37-15-3-2-11-32-13-16-36-17-14-32/h5-10,21,29,32H,3-4,11-20H2,1-2H3;7-12,21,29,32H,2-6,13-20H2,1H3;4-9,20,28,31H,2-3,10-19H2,1H3. The van der Waals surface area contributed by atoms with Gasteiger partial charge < -0.3 is 77.0 Å². The zero-order chi connectivity index (χ0) is 79.8. The van der Waals surface area contributed by atoms with Crippen LogP contribution in [0.5, 0.6) is 17.2 Å². The van der Waals surface area contributed by atoms with E-state index in [4.69, 9.17) is 82.2 Å². The minimum Gasteiger partial charge on any atom is -0.494 e. The molecule has 0 bridgehead atoms. The van der Waals surface area contributed by atoms with Gasteiger partial charge in [-0.15, -0.1) is 0 Å². The second kappa shape index (κ2) is 42.7. The van der Waals surface area contributed by atoms with Crippen LogP contribution in [0.3, 0.4) is 0 Å². The van der Waals surface area contributed by atoms with Crippen LogP contribution < -0.4 is 14.2 Å². The molecule has 15 rings (SSSR count). The number of carbonyl (C=O) groups excluding carboxylic acids is 3. The Labute approximate surface area is 690 Å². The largest absolute Gasteiger partial charge is 0.494 e. The van der Waals surface area contributed by atoms with Gasteiger partial charge in [0.1, 0.15) is 55.2 Å². The smallest absolute Gasteiger partial charge is 0.410 e. The van der Waals surface area contributed by atoms with Gasteiger partial charge in [0.2, 0.25) is 0 Å². The molecule has 3 N–H and O–H groups in total. The van der Waals surface area contributed by atoms with Crippen LogP contribution in [-0.2, 0) is 52.4 Å². The van der Waals surface area contributed by atoms with Gasteiger partial charge in [-0.25, -0.2) is 14.4 Å². The Morgan fingerprint density at radius 3 is 1.03 bits per heavy atom. The number of fused-ring (bicyclic) bond motifs is 9. The van der Waals surface area contributed by atoms with Gasteiger partial charge in [-0.1, -0.05) is 77.6 Å². The normalized spacial score (nSPS) is 18.1. The van der Waals surface area contributed by atoms with Crippen molar-refractivity contribution in [3.63, 3.8) is 0 Å². The number of aromatic amines is 3. The van der Waals surface area contributed by atoms with Gasteiger partial charge in [0.05, 0.1) is 52.9 Å². The van der Waals surface area contributed by atoms with Crippen LogP contribution in [0.4, 0.5) is 14.4 Å². The fourth-order valence-corrected chi connectivity index (χ4v) is 17.0. The molecule has 6 aliphatic rings. The molecule has 3 aromatic heterocycles. The summed E-state index contributed by atoms with van der Waals surface area (Å²) in [5.74, 6) is 2.52. The fourth-order valence-electron chi connectivity index (χ4n) is 16.5. The Morgan fingerprint density at radius 1 is 0.374 bits per heavy atom. The van der Waals surface area contributed by atoms with Crippen molar-refractivity contribution in [1.29, 1.82) is 0 Å². The number of likely N-dealkylation sites (N-methyl/N-ethyl adjacent to an activating group) is 1. The minimum atomic E-state index is -0.352. The highest BCUT2D eigenvalue weighted by atomic mass is 35.5. The SMILES string of the molecule is COCCOC(=O)N1CCc2c([nH]c3ccc(Cl)cc23)C1c1ccc(OCCCCN2CCCCC2)cc1.COCCOC(=O)N1CCc2c([nH]c3ccc(Cl)cc23)C1c1ccc(OCCCCN2CCN(C)CC2)cc1.COCCOC(=O)N1CCc2c([nH]c3ccc(Cl)cc23)C1c1ccc(OCCCCN2CCOCC2)cc1. The van der Waals surface area contributed by atoms with Crippen LogP contribution in [0.1, 0.15) is 126 Å². The van der Waals surface area contributed by atoms with Crippen LogP contribution >= 0.6 is 34.8 Å². The number of carbonyl (C=O) groups is 3. The van der Waals surface area contributed by atoms with Crippen LogP contribution in [-0.4, -0.2) is 260 Å². The maximum absolute atomic E-state index is 13.1. The number of morpholine rings is 1. The van der Waals surface area contributed by atoms with E-state index in [1.165, 1.54) is 55.6 Å². The number of ether oxygens (including phenoxy) is 10. The molecule has 26 heteroatoms. The summed E-state index contributed by atoms with van der Waals surface area (Å²) >= 11 is 18.9. The number of piperazine rings is 1. The first-order valence-corrected chi connectivity index (χ1v) is 42.2. The van der Waals surface area contributed by atoms with Crippen LogP contribution in [0.2, 0.25) is 15.1 Å². The van der Waals surface area contributed by atoms with Crippen molar-refractivity contribution < 1.29 is 61.8 Å². The lowest BCUT2D eigenvalue weighted by Gasteiger charge is -2.35. The Bertz CT molecular complexity index is 4370. The van der Waals surface area contributed by atoms with E-state index in [2.05, 4.69) is 53.7 Å². The summed E-state index contributed by atoms with van der Waals surface area (Å²) in [4.78, 5) is 65.3. The number of methoxy groups -OCH3 is 3. The molecule has 3 amide bonds. The number of hydrogen-bond acceptors (Lipinski definition) is 17. The van der Waals surface area contributed by atoms with Crippen molar-refractivity contribution in [3.8, 4) is 17.2 Å². The Balaban J connectivity index is 0.000000150. The van der Waals surface area contributed by atoms with E-state index in [0.717, 1.165) is 207 Å². The zero-order valence-corrected chi connectivity index (χ0v) is 69.4.